The summed E-state index contributed by atoms with van der Waals surface area (Å²) in [5.74, 6) is 0.936. The molecule has 0 saturated heterocycles. The molecule has 1 aromatic carbocycles. The average Bonchev–Trinajstić information content (AvgIpc) is 2.81. The Labute approximate surface area is 123 Å². The molecule has 0 saturated carbocycles. The van der Waals surface area contributed by atoms with Crippen LogP contribution >= 0.6 is 0 Å². The Kier molecular flexibility index (Phi) is 4.59. The Morgan fingerprint density at radius 3 is 2.62 bits per heavy atom. The van der Waals surface area contributed by atoms with Crippen molar-refractivity contribution in [3.05, 3.63) is 36.0 Å². The van der Waals surface area contributed by atoms with Gasteiger partial charge in [-0.3, -0.25) is 0 Å². The Morgan fingerprint density at radius 1 is 1.29 bits per heavy atom. The molecule has 21 heavy (non-hydrogen) atoms. The van der Waals surface area contributed by atoms with Crippen LogP contribution in [0.3, 0.4) is 0 Å². The topological polar surface area (TPSA) is 97.1 Å². The van der Waals surface area contributed by atoms with Crippen LogP contribution in [0, 0.1) is 6.92 Å². The molecule has 0 atom stereocenters. The number of sulfonamides is 1. The molecule has 0 radical (unpaired) electrons. The Hall–Kier alpha value is -1.93. The second-order valence-corrected chi connectivity index (χ2v) is 6.54. The van der Waals surface area contributed by atoms with Crippen LogP contribution in [0.4, 0.5) is 5.69 Å². The molecular weight excluding hydrogens is 292 g/mol. The Bertz CT molecular complexity index is 710. The summed E-state index contributed by atoms with van der Waals surface area (Å²) in [5, 5.41) is 6.69. The maximum atomic E-state index is 12.3. The monoisotopic (exact) mass is 310 g/mol. The highest BCUT2D eigenvalue weighted by atomic mass is 32.2. The van der Waals surface area contributed by atoms with E-state index in [0.29, 0.717) is 17.4 Å². The third-order valence-corrected chi connectivity index (χ3v) is 4.28. The largest absolute Gasteiger partial charge is 0.375 e. The summed E-state index contributed by atoms with van der Waals surface area (Å²) in [6.07, 6.45) is 0. The van der Waals surface area contributed by atoms with Crippen LogP contribution in [0.25, 0.3) is 0 Å². The lowest BCUT2D eigenvalue weighted by Gasteiger charge is -2.13. The highest BCUT2D eigenvalue weighted by Crippen LogP contribution is 2.21. The molecule has 0 fully saturated rings. The standard InChI is InChI=1S/C13H18N4O3S/c1-9(2)17-21(18,19)12-7-5-4-6-11(12)14-8-13-15-10(3)16-20-13/h4-7,9,14,17H,8H2,1-3H3. The van der Waals surface area contributed by atoms with E-state index in [0.717, 1.165) is 0 Å². The maximum absolute atomic E-state index is 12.3. The number of hydrogen-bond donors (Lipinski definition) is 2. The van der Waals surface area contributed by atoms with E-state index in [1.165, 1.54) is 0 Å². The summed E-state index contributed by atoms with van der Waals surface area (Å²) >= 11 is 0. The molecular formula is C13H18N4O3S. The molecule has 7 nitrogen and oxygen atoms in total. The van der Waals surface area contributed by atoms with E-state index < -0.39 is 10.0 Å². The minimum Gasteiger partial charge on any atom is -0.375 e. The zero-order valence-electron chi connectivity index (χ0n) is 12.1. The molecule has 0 aliphatic heterocycles. The first-order valence-corrected chi connectivity index (χ1v) is 8.01. The Morgan fingerprint density at radius 2 is 2.00 bits per heavy atom. The first-order valence-electron chi connectivity index (χ1n) is 6.53. The van der Waals surface area contributed by atoms with Gasteiger partial charge in [0, 0.05) is 6.04 Å². The van der Waals surface area contributed by atoms with Crippen molar-refractivity contribution in [2.24, 2.45) is 0 Å². The smallest absolute Gasteiger partial charge is 0.245 e. The van der Waals surface area contributed by atoms with Crippen LogP contribution in [0.1, 0.15) is 25.6 Å². The summed E-state index contributed by atoms with van der Waals surface area (Å²) in [6, 6.07) is 6.50. The summed E-state index contributed by atoms with van der Waals surface area (Å²) in [4.78, 5) is 4.25. The average molecular weight is 310 g/mol. The van der Waals surface area contributed by atoms with E-state index in [-0.39, 0.29) is 17.5 Å². The molecule has 2 N–H and O–H groups in total. The van der Waals surface area contributed by atoms with Crippen LogP contribution in [0.2, 0.25) is 0 Å². The quantitative estimate of drug-likeness (QED) is 0.842. The van der Waals surface area contributed by atoms with Crippen molar-refractivity contribution in [2.75, 3.05) is 5.32 Å². The van der Waals surface area contributed by atoms with E-state index in [2.05, 4.69) is 20.2 Å². The number of rotatable bonds is 6. The van der Waals surface area contributed by atoms with Crippen LogP contribution in [-0.4, -0.2) is 24.6 Å². The van der Waals surface area contributed by atoms with E-state index in [1.807, 2.05) is 0 Å². The highest BCUT2D eigenvalue weighted by molar-refractivity contribution is 7.89. The van der Waals surface area contributed by atoms with Crippen molar-refractivity contribution >= 4 is 15.7 Å². The number of hydrogen-bond acceptors (Lipinski definition) is 6. The van der Waals surface area contributed by atoms with E-state index >= 15 is 0 Å². The van der Waals surface area contributed by atoms with Gasteiger partial charge in [0.25, 0.3) is 0 Å². The SMILES string of the molecule is Cc1noc(CNc2ccccc2S(=O)(=O)NC(C)C)n1. The van der Waals surface area contributed by atoms with Crippen LogP contribution in [-0.2, 0) is 16.6 Å². The van der Waals surface area contributed by atoms with Gasteiger partial charge in [-0.05, 0) is 32.9 Å². The summed E-state index contributed by atoms with van der Waals surface area (Å²) in [6.45, 7) is 5.52. The minimum atomic E-state index is -3.57. The van der Waals surface area contributed by atoms with Crippen molar-refractivity contribution in [3.63, 3.8) is 0 Å². The zero-order chi connectivity index (χ0) is 15.5. The van der Waals surface area contributed by atoms with Crippen molar-refractivity contribution in [2.45, 2.75) is 38.3 Å². The molecule has 0 aliphatic rings. The fourth-order valence-corrected chi connectivity index (χ4v) is 3.24. The van der Waals surface area contributed by atoms with E-state index in [1.54, 1.807) is 45.0 Å². The molecule has 1 aromatic heterocycles. The second kappa shape index (κ2) is 6.23. The Balaban J connectivity index is 2.21. The van der Waals surface area contributed by atoms with Crippen molar-refractivity contribution in [1.29, 1.82) is 0 Å². The number of nitrogens with zero attached hydrogens (tertiary/aromatic N) is 2. The van der Waals surface area contributed by atoms with E-state index in [9.17, 15) is 8.42 Å². The number of anilines is 1. The van der Waals surface area contributed by atoms with Crippen molar-refractivity contribution in [3.8, 4) is 0 Å². The van der Waals surface area contributed by atoms with Gasteiger partial charge in [-0.25, -0.2) is 13.1 Å². The number of para-hydroxylation sites is 1. The van der Waals surface area contributed by atoms with E-state index in [4.69, 9.17) is 4.52 Å². The maximum Gasteiger partial charge on any atom is 0.245 e. The normalized spacial score (nSPS) is 11.8. The fourth-order valence-electron chi connectivity index (χ4n) is 1.80. The number of nitrogens with one attached hydrogen (secondary N) is 2. The fraction of sp³-hybridized carbons (Fsp3) is 0.385. The van der Waals surface area contributed by atoms with Crippen LogP contribution in [0.5, 0.6) is 0 Å². The lowest BCUT2D eigenvalue weighted by Crippen LogP contribution is -2.30. The zero-order valence-corrected chi connectivity index (χ0v) is 12.9. The van der Waals surface area contributed by atoms with Gasteiger partial charge in [0.1, 0.15) is 4.90 Å². The molecule has 0 spiro atoms. The van der Waals surface area contributed by atoms with Gasteiger partial charge in [0.05, 0.1) is 12.2 Å². The van der Waals surface area contributed by atoms with Gasteiger partial charge in [-0.2, -0.15) is 4.98 Å². The molecule has 1 heterocycles. The summed E-state index contributed by atoms with van der Waals surface area (Å²) in [7, 11) is -3.57. The summed E-state index contributed by atoms with van der Waals surface area (Å²) < 4.78 is 32.1. The number of benzene rings is 1. The number of aryl methyl sites for hydroxylation is 1. The lowest BCUT2D eigenvalue weighted by molar-refractivity contribution is 0.379. The molecule has 0 bridgehead atoms. The molecule has 2 rings (SSSR count). The van der Waals surface area contributed by atoms with Gasteiger partial charge < -0.3 is 9.84 Å². The van der Waals surface area contributed by atoms with Gasteiger partial charge in [-0.15, -0.1) is 0 Å². The second-order valence-electron chi connectivity index (χ2n) is 4.86. The lowest BCUT2D eigenvalue weighted by atomic mass is 10.3. The first-order chi connectivity index (χ1) is 9.88. The third kappa shape index (κ3) is 4.02. The molecule has 2 aromatic rings. The van der Waals surface area contributed by atoms with Gasteiger partial charge in [-0.1, -0.05) is 17.3 Å². The molecule has 114 valence electrons. The third-order valence-electron chi connectivity index (χ3n) is 2.57. The predicted octanol–water partition coefficient (Wildman–Crippen LogP) is 1.68. The molecule has 0 unspecified atom stereocenters. The van der Waals surface area contributed by atoms with Gasteiger partial charge in [0.2, 0.25) is 15.9 Å². The van der Waals surface area contributed by atoms with Gasteiger partial charge in [0.15, 0.2) is 5.82 Å². The summed E-state index contributed by atoms with van der Waals surface area (Å²) in [5.41, 5.74) is 0.488. The van der Waals surface area contributed by atoms with Crippen molar-refractivity contribution < 1.29 is 12.9 Å². The van der Waals surface area contributed by atoms with Crippen molar-refractivity contribution in [1.82, 2.24) is 14.9 Å². The highest BCUT2D eigenvalue weighted by Gasteiger charge is 2.19. The molecule has 0 aliphatic carbocycles. The van der Waals surface area contributed by atoms with Crippen LogP contribution in [0.15, 0.2) is 33.7 Å². The predicted molar refractivity (Wildman–Crippen MR) is 78.3 cm³/mol. The van der Waals surface area contributed by atoms with Gasteiger partial charge >= 0.3 is 0 Å². The van der Waals surface area contributed by atoms with Crippen LogP contribution < -0.4 is 10.0 Å². The minimum absolute atomic E-state index is 0.179. The molecule has 0 amide bonds. The number of aromatic nitrogens is 2. The molecule has 8 heteroatoms. The first kappa shape index (κ1) is 15.5.